The second-order valence-corrected chi connectivity index (χ2v) is 3.19. The molecule has 0 N–H and O–H groups in total. The second kappa shape index (κ2) is 4.89. The van der Waals surface area contributed by atoms with Gasteiger partial charge in [-0.15, -0.1) is 5.10 Å². The number of rotatable bonds is 2. The molecule has 1 aromatic carbocycles. The molecule has 0 saturated heterocycles. The molecule has 6 heteroatoms. The first-order valence-corrected chi connectivity index (χ1v) is 4.84. The molecule has 0 spiro atoms. The highest BCUT2D eigenvalue weighted by molar-refractivity contribution is 5.47. The van der Waals surface area contributed by atoms with Gasteiger partial charge in [-0.2, -0.15) is 15.6 Å². The molecule has 5 nitrogen and oxygen atoms in total. The van der Waals surface area contributed by atoms with Gasteiger partial charge in [0.1, 0.15) is 34.8 Å². The van der Waals surface area contributed by atoms with Crippen LogP contribution in [-0.4, -0.2) is 10.2 Å². The minimum absolute atomic E-state index is 0.00509. The van der Waals surface area contributed by atoms with Crippen LogP contribution in [0.5, 0.6) is 11.6 Å². The Morgan fingerprint density at radius 1 is 1.17 bits per heavy atom. The van der Waals surface area contributed by atoms with E-state index in [-0.39, 0.29) is 22.8 Å². The maximum absolute atomic E-state index is 13.3. The van der Waals surface area contributed by atoms with E-state index in [2.05, 4.69) is 10.2 Å². The van der Waals surface area contributed by atoms with Crippen molar-refractivity contribution < 1.29 is 9.13 Å². The Hall–Kier alpha value is -2.99. The Bertz CT molecular complexity index is 673. The zero-order chi connectivity index (χ0) is 13.0. The predicted molar refractivity (Wildman–Crippen MR) is 57.9 cm³/mol. The van der Waals surface area contributed by atoms with Crippen LogP contribution in [-0.2, 0) is 0 Å². The van der Waals surface area contributed by atoms with Crippen molar-refractivity contribution in [3.63, 3.8) is 0 Å². The molecule has 0 aliphatic carbocycles. The largest absolute Gasteiger partial charge is 0.435 e. The average molecular weight is 240 g/mol. The van der Waals surface area contributed by atoms with Gasteiger partial charge in [-0.05, 0) is 18.2 Å². The third-order valence-corrected chi connectivity index (χ3v) is 2.10. The van der Waals surface area contributed by atoms with Gasteiger partial charge in [-0.25, -0.2) is 4.39 Å². The fourth-order valence-electron chi connectivity index (χ4n) is 1.28. The fraction of sp³-hybridized carbons (Fsp3) is 0. The number of ether oxygens (including phenoxy) is 1. The minimum Gasteiger partial charge on any atom is -0.435 e. The normalized spacial score (nSPS) is 9.28. The molecular formula is C12H5FN4O. The highest BCUT2D eigenvalue weighted by Crippen LogP contribution is 2.26. The first-order chi connectivity index (χ1) is 8.76. The van der Waals surface area contributed by atoms with Crippen LogP contribution in [0.3, 0.4) is 0 Å². The van der Waals surface area contributed by atoms with E-state index >= 15 is 0 Å². The Kier molecular flexibility index (Phi) is 3.13. The van der Waals surface area contributed by atoms with Gasteiger partial charge in [-0.1, -0.05) is 6.07 Å². The molecule has 0 saturated carbocycles. The fourth-order valence-corrected chi connectivity index (χ4v) is 1.28. The van der Waals surface area contributed by atoms with Crippen LogP contribution in [0.15, 0.2) is 30.5 Å². The van der Waals surface area contributed by atoms with Crippen LogP contribution in [0.2, 0.25) is 0 Å². The SMILES string of the molecule is N#Cc1ccnnc1Oc1cccc(F)c1C#N. The van der Waals surface area contributed by atoms with Crippen molar-refractivity contribution in [2.75, 3.05) is 0 Å². The predicted octanol–water partition coefficient (Wildman–Crippen LogP) is 2.15. The zero-order valence-corrected chi connectivity index (χ0v) is 8.96. The molecule has 18 heavy (non-hydrogen) atoms. The summed E-state index contributed by atoms with van der Waals surface area (Å²) >= 11 is 0. The van der Waals surface area contributed by atoms with Crippen LogP contribution in [0.1, 0.15) is 11.1 Å². The van der Waals surface area contributed by atoms with E-state index in [1.165, 1.54) is 24.4 Å². The lowest BCUT2D eigenvalue weighted by atomic mass is 10.2. The zero-order valence-electron chi connectivity index (χ0n) is 8.96. The summed E-state index contributed by atoms with van der Waals surface area (Å²) in [6, 6.07) is 8.92. The lowest BCUT2D eigenvalue weighted by Crippen LogP contribution is -1.96. The summed E-state index contributed by atoms with van der Waals surface area (Å²) in [6.07, 6.45) is 1.34. The van der Waals surface area contributed by atoms with Crippen molar-refractivity contribution in [3.8, 4) is 23.8 Å². The number of halogens is 1. The molecule has 0 aliphatic heterocycles. The van der Waals surface area contributed by atoms with E-state index < -0.39 is 5.82 Å². The molecule has 1 heterocycles. The third-order valence-electron chi connectivity index (χ3n) is 2.10. The summed E-state index contributed by atoms with van der Waals surface area (Å²) in [4.78, 5) is 0. The maximum atomic E-state index is 13.3. The Morgan fingerprint density at radius 2 is 2.00 bits per heavy atom. The number of benzene rings is 1. The number of hydrogen-bond donors (Lipinski definition) is 0. The highest BCUT2D eigenvalue weighted by atomic mass is 19.1. The standard InChI is InChI=1S/C12H5FN4O/c13-10-2-1-3-11(9(10)7-15)18-12-8(6-14)4-5-16-17-12/h1-5H. The van der Waals surface area contributed by atoms with Crippen LogP contribution in [0, 0.1) is 28.5 Å². The number of nitriles is 2. The van der Waals surface area contributed by atoms with E-state index in [1.54, 1.807) is 6.07 Å². The van der Waals surface area contributed by atoms with Gasteiger partial charge >= 0.3 is 0 Å². The van der Waals surface area contributed by atoms with E-state index in [4.69, 9.17) is 15.3 Å². The van der Waals surface area contributed by atoms with E-state index in [0.29, 0.717) is 0 Å². The molecule has 0 radical (unpaired) electrons. The Balaban J connectivity index is 2.45. The van der Waals surface area contributed by atoms with Gasteiger partial charge in [0.2, 0.25) is 0 Å². The molecule has 2 aromatic rings. The average Bonchev–Trinajstić information content (AvgIpc) is 2.40. The Labute approximate surface area is 102 Å². The topological polar surface area (TPSA) is 82.6 Å². The molecular weight excluding hydrogens is 235 g/mol. The summed E-state index contributed by atoms with van der Waals surface area (Å²) in [5.74, 6) is -0.769. The lowest BCUT2D eigenvalue weighted by Gasteiger charge is -2.06. The number of aromatic nitrogens is 2. The number of hydrogen-bond acceptors (Lipinski definition) is 5. The molecule has 2 rings (SSSR count). The first-order valence-electron chi connectivity index (χ1n) is 4.84. The molecule has 0 fully saturated rings. The second-order valence-electron chi connectivity index (χ2n) is 3.19. The van der Waals surface area contributed by atoms with Crippen molar-refractivity contribution in [3.05, 3.63) is 47.4 Å². The summed E-state index contributed by atoms with van der Waals surface area (Å²) in [7, 11) is 0. The van der Waals surface area contributed by atoms with Crippen LogP contribution >= 0.6 is 0 Å². The van der Waals surface area contributed by atoms with Gasteiger partial charge in [-0.3, -0.25) is 0 Å². The van der Waals surface area contributed by atoms with Crippen molar-refractivity contribution >= 4 is 0 Å². The van der Waals surface area contributed by atoms with Crippen molar-refractivity contribution in [1.29, 1.82) is 10.5 Å². The molecule has 0 aliphatic rings. The molecule has 0 unspecified atom stereocenters. The van der Waals surface area contributed by atoms with Crippen LogP contribution in [0.25, 0.3) is 0 Å². The quantitative estimate of drug-likeness (QED) is 0.803. The molecule has 0 bridgehead atoms. The van der Waals surface area contributed by atoms with Crippen LogP contribution < -0.4 is 4.74 Å². The number of nitrogens with zero attached hydrogens (tertiary/aromatic N) is 4. The molecule has 1 aromatic heterocycles. The van der Waals surface area contributed by atoms with Gasteiger partial charge in [0.05, 0.1) is 6.20 Å². The van der Waals surface area contributed by atoms with E-state index in [9.17, 15) is 4.39 Å². The van der Waals surface area contributed by atoms with Gasteiger partial charge < -0.3 is 4.74 Å². The van der Waals surface area contributed by atoms with E-state index in [1.807, 2.05) is 6.07 Å². The maximum Gasteiger partial charge on any atom is 0.257 e. The van der Waals surface area contributed by atoms with E-state index in [0.717, 1.165) is 6.07 Å². The molecule has 0 atom stereocenters. The summed E-state index contributed by atoms with van der Waals surface area (Å²) in [6.45, 7) is 0. The highest BCUT2D eigenvalue weighted by Gasteiger charge is 2.12. The summed E-state index contributed by atoms with van der Waals surface area (Å²) in [5, 5.41) is 24.9. The van der Waals surface area contributed by atoms with Crippen molar-refractivity contribution in [1.82, 2.24) is 10.2 Å². The smallest absolute Gasteiger partial charge is 0.257 e. The first kappa shape index (κ1) is 11.5. The molecule has 86 valence electrons. The van der Waals surface area contributed by atoms with Gasteiger partial charge in [0, 0.05) is 0 Å². The summed E-state index contributed by atoms with van der Waals surface area (Å²) in [5.41, 5.74) is -0.0924. The lowest BCUT2D eigenvalue weighted by molar-refractivity contribution is 0.447. The van der Waals surface area contributed by atoms with Gasteiger partial charge in [0.15, 0.2) is 0 Å². The Morgan fingerprint density at radius 3 is 2.72 bits per heavy atom. The van der Waals surface area contributed by atoms with Crippen molar-refractivity contribution in [2.45, 2.75) is 0 Å². The monoisotopic (exact) mass is 240 g/mol. The van der Waals surface area contributed by atoms with Gasteiger partial charge in [0.25, 0.3) is 5.88 Å². The third kappa shape index (κ3) is 2.08. The minimum atomic E-state index is -0.697. The molecule has 0 amide bonds. The summed E-state index contributed by atoms with van der Waals surface area (Å²) < 4.78 is 18.6. The van der Waals surface area contributed by atoms with Crippen molar-refractivity contribution in [2.24, 2.45) is 0 Å². The van der Waals surface area contributed by atoms with Crippen LogP contribution in [0.4, 0.5) is 4.39 Å².